The van der Waals surface area contributed by atoms with E-state index < -0.39 is 0 Å². The highest BCUT2D eigenvalue weighted by Gasteiger charge is 2.10. The van der Waals surface area contributed by atoms with Crippen molar-refractivity contribution in [3.05, 3.63) is 59.7 Å². The molecule has 1 nitrogen and oxygen atoms in total. The van der Waals surface area contributed by atoms with Crippen molar-refractivity contribution in [2.24, 2.45) is 0 Å². The van der Waals surface area contributed by atoms with Crippen LogP contribution >= 0.6 is 11.8 Å². The van der Waals surface area contributed by atoms with Gasteiger partial charge in [0.05, 0.1) is 0 Å². The maximum Gasteiger partial charge on any atom is 0.0302 e. The Kier molecular flexibility index (Phi) is 5.06. The van der Waals surface area contributed by atoms with Crippen LogP contribution < -0.4 is 5.32 Å². The Labute approximate surface area is 120 Å². The molecule has 0 saturated heterocycles. The summed E-state index contributed by atoms with van der Waals surface area (Å²) in [6.45, 7) is 7.53. The number of benzene rings is 2. The SMILES string of the molecule is CCNC(C)c1ccccc1Sc1ccccc1C. The van der Waals surface area contributed by atoms with Crippen LogP contribution in [-0.2, 0) is 0 Å². The number of nitrogens with one attached hydrogen (secondary N) is 1. The lowest BCUT2D eigenvalue weighted by Gasteiger charge is -2.17. The van der Waals surface area contributed by atoms with Crippen LogP contribution in [0.5, 0.6) is 0 Å². The van der Waals surface area contributed by atoms with E-state index in [0.29, 0.717) is 6.04 Å². The van der Waals surface area contributed by atoms with Crippen LogP contribution in [0.3, 0.4) is 0 Å². The molecule has 19 heavy (non-hydrogen) atoms. The molecule has 2 rings (SSSR count). The highest BCUT2D eigenvalue weighted by Crippen LogP contribution is 2.34. The summed E-state index contributed by atoms with van der Waals surface area (Å²) in [7, 11) is 0. The van der Waals surface area contributed by atoms with Crippen molar-refractivity contribution in [2.45, 2.75) is 36.6 Å². The molecule has 0 aliphatic carbocycles. The first-order valence-corrected chi connectivity index (χ1v) is 7.59. The van der Waals surface area contributed by atoms with E-state index in [1.807, 2.05) is 11.8 Å². The molecule has 0 saturated carbocycles. The van der Waals surface area contributed by atoms with E-state index in [2.05, 4.69) is 74.6 Å². The maximum absolute atomic E-state index is 3.49. The van der Waals surface area contributed by atoms with Gasteiger partial charge in [0.25, 0.3) is 0 Å². The van der Waals surface area contributed by atoms with Crippen LogP contribution in [0, 0.1) is 6.92 Å². The monoisotopic (exact) mass is 271 g/mol. The summed E-state index contributed by atoms with van der Waals surface area (Å²) in [6.07, 6.45) is 0. The Bertz CT molecular complexity index is 536. The summed E-state index contributed by atoms with van der Waals surface area (Å²) in [4.78, 5) is 2.67. The topological polar surface area (TPSA) is 12.0 Å². The van der Waals surface area contributed by atoms with Gasteiger partial charge in [-0.2, -0.15) is 0 Å². The van der Waals surface area contributed by atoms with Crippen LogP contribution in [0.2, 0.25) is 0 Å². The molecule has 0 aliphatic rings. The van der Waals surface area contributed by atoms with E-state index in [0.717, 1.165) is 6.54 Å². The standard InChI is InChI=1S/C17H21NS/c1-4-18-14(3)15-10-6-8-12-17(15)19-16-11-7-5-9-13(16)2/h5-12,14,18H,4H2,1-3H3. The smallest absolute Gasteiger partial charge is 0.0302 e. The minimum absolute atomic E-state index is 0.387. The molecule has 1 unspecified atom stereocenters. The second kappa shape index (κ2) is 6.78. The van der Waals surface area contributed by atoms with Crippen LogP contribution in [0.15, 0.2) is 58.3 Å². The normalized spacial score (nSPS) is 12.4. The fourth-order valence-corrected chi connectivity index (χ4v) is 3.26. The van der Waals surface area contributed by atoms with Crippen molar-refractivity contribution in [1.82, 2.24) is 5.32 Å². The first-order valence-electron chi connectivity index (χ1n) is 6.78. The molecular formula is C17H21NS. The van der Waals surface area contributed by atoms with Crippen molar-refractivity contribution in [3.63, 3.8) is 0 Å². The van der Waals surface area contributed by atoms with Gasteiger partial charge in [0.1, 0.15) is 0 Å². The van der Waals surface area contributed by atoms with E-state index in [1.165, 1.54) is 20.9 Å². The third kappa shape index (κ3) is 3.62. The van der Waals surface area contributed by atoms with Crippen molar-refractivity contribution in [3.8, 4) is 0 Å². The first-order chi connectivity index (χ1) is 9.22. The summed E-state index contributed by atoms with van der Waals surface area (Å²) >= 11 is 1.86. The van der Waals surface area contributed by atoms with Gasteiger partial charge < -0.3 is 5.32 Å². The molecule has 0 spiro atoms. The molecule has 0 aliphatic heterocycles. The molecule has 0 radical (unpaired) electrons. The number of hydrogen-bond donors (Lipinski definition) is 1. The fraction of sp³-hybridized carbons (Fsp3) is 0.294. The summed E-state index contributed by atoms with van der Waals surface area (Å²) in [5.74, 6) is 0. The predicted molar refractivity (Wildman–Crippen MR) is 83.8 cm³/mol. The van der Waals surface area contributed by atoms with E-state index in [9.17, 15) is 0 Å². The number of hydrogen-bond acceptors (Lipinski definition) is 2. The van der Waals surface area contributed by atoms with Gasteiger partial charge in [-0.25, -0.2) is 0 Å². The van der Waals surface area contributed by atoms with Crippen LogP contribution in [0.1, 0.15) is 31.0 Å². The highest BCUT2D eigenvalue weighted by atomic mass is 32.2. The van der Waals surface area contributed by atoms with E-state index in [4.69, 9.17) is 0 Å². The Hall–Kier alpha value is -1.25. The zero-order chi connectivity index (χ0) is 13.7. The third-order valence-electron chi connectivity index (χ3n) is 3.21. The molecule has 0 fully saturated rings. The molecular weight excluding hydrogens is 250 g/mol. The van der Waals surface area contributed by atoms with Crippen molar-refractivity contribution < 1.29 is 0 Å². The second-order valence-electron chi connectivity index (χ2n) is 4.68. The van der Waals surface area contributed by atoms with Gasteiger partial charge in [-0.15, -0.1) is 0 Å². The van der Waals surface area contributed by atoms with Crippen LogP contribution in [0.25, 0.3) is 0 Å². The van der Waals surface area contributed by atoms with Gasteiger partial charge in [-0.1, -0.05) is 55.1 Å². The van der Waals surface area contributed by atoms with Crippen molar-refractivity contribution in [1.29, 1.82) is 0 Å². The van der Waals surface area contributed by atoms with Crippen molar-refractivity contribution in [2.75, 3.05) is 6.54 Å². The van der Waals surface area contributed by atoms with E-state index >= 15 is 0 Å². The summed E-state index contributed by atoms with van der Waals surface area (Å²) in [5, 5.41) is 3.49. The lowest BCUT2D eigenvalue weighted by Crippen LogP contribution is -2.18. The highest BCUT2D eigenvalue weighted by molar-refractivity contribution is 7.99. The fourth-order valence-electron chi connectivity index (χ4n) is 2.14. The molecule has 0 bridgehead atoms. The summed E-state index contributed by atoms with van der Waals surface area (Å²) < 4.78 is 0. The predicted octanol–water partition coefficient (Wildman–Crippen LogP) is 4.82. The number of aryl methyl sites for hydroxylation is 1. The van der Waals surface area contributed by atoms with Crippen LogP contribution in [-0.4, -0.2) is 6.54 Å². The molecule has 0 aromatic heterocycles. The Morgan fingerprint density at radius 2 is 1.63 bits per heavy atom. The maximum atomic E-state index is 3.49. The zero-order valence-electron chi connectivity index (χ0n) is 11.8. The first kappa shape index (κ1) is 14.2. The Balaban J connectivity index is 2.28. The van der Waals surface area contributed by atoms with Gasteiger partial charge in [-0.3, -0.25) is 0 Å². The molecule has 1 N–H and O–H groups in total. The Morgan fingerprint density at radius 3 is 2.32 bits per heavy atom. The molecule has 2 aromatic rings. The van der Waals surface area contributed by atoms with Gasteiger partial charge >= 0.3 is 0 Å². The number of rotatable bonds is 5. The van der Waals surface area contributed by atoms with Gasteiger partial charge in [0, 0.05) is 15.8 Å². The molecule has 100 valence electrons. The van der Waals surface area contributed by atoms with Gasteiger partial charge in [-0.05, 0) is 43.7 Å². The summed E-state index contributed by atoms with van der Waals surface area (Å²) in [5.41, 5.74) is 2.70. The minimum Gasteiger partial charge on any atom is -0.310 e. The summed E-state index contributed by atoms with van der Waals surface area (Å²) in [6, 6.07) is 17.6. The molecule has 0 heterocycles. The average molecular weight is 271 g/mol. The molecule has 1 atom stereocenters. The van der Waals surface area contributed by atoms with Crippen LogP contribution in [0.4, 0.5) is 0 Å². The lowest BCUT2D eigenvalue weighted by atomic mass is 10.1. The Morgan fingerprint density at radius 1 is 1.00 bits per heavy atom. The quantitative estimate of drug-likeness (QED) is 0.837. The van der Waals surface area contributed by atoms with Gasteiger partial charge in [0.15, 0.2) is 0 Å². The van der Waals surface area contributed by atoms with Gasteiger partial charge in [0.2, 0.25) is 0 Å². The lowest BCUT2D eigenvalue weighted by molar-refractivity contribution is 0.590. The van der Waals surface area contributed by atoms with E-state index in [-0.39, 0.29) is 0 Å². The van der Waals surface area contributed by atoms with Crippen molar-refractivity contribution >= 4 is 11.8 Å². The molecule has 2 heteroatoms. The van der Waals surface area contributed by atoms with E-state index in [1.54, 1.807) is 0 Å². The largest absolute Gasteiger partial charge is 0.310 e. The minimum atomic E-state index is 0.387. The second-order valence-corrected chi connectivity index (χ2v) is 5.77. The zero-order valence-corrected chi connectivity index (χ0v) is 12.6. The molecule has 2 aromatic carbocycles. The average Bonchev–Trinajstić information content (AvgIpc) is 2.42. The third-order valence-corrected chi connectivity index (χ3v) is 4.48. The molecule has 0 amide bonds.